The largest absolute Gasteiger partial charge is 0.481 e. The van der Waals surface area contributed by atoms with Crippen molar-refractivity contribution in [2.75, 3.05) is 35.6 Å². The Morgan fingerprint density at radius 1 is 0.854 bits per heavy atom. The fraction of sp³-hybridized carbons (Fsp3) is 0.370. The molecule has 48 heavy (non-hydrogen) atoms. The molecule has 21 heteroatoms. The highest BCUT2D eigenvalue weighted by molar-refractivity contribution is 7.80. The number of aliphatic carboxylic acids is 4. The fourth-order valence-corrected chi connectivity index (χ4v) is 4.28. The number of nitrogens with two attached hydrogens (primary N) is 1. The lowest BCUT2D eigenvalue weighted by Crippen LogP contribution is -2.45. The van der Waals surface area contributed by atoms with E-state index >= 15 is 0 Å². The van der Waals surface area contributed by atoms with Crippen LogP contribution in [0, 0.1) is 0 Å². The molecule has 11 N–H and O–H groups in total. The van der Waals surface area contributed by atoms with E-state index in [0.717, 1.165) is 0 Å². The summed E-state index contributed by atoms with van der Waals surface area (Å²) in [7, 11) is 0. The summed E-state index contributed by atoms with van der Waals surface area (Å²) in [4.78, 5) is 81.7. The number of rotatable bonds is 18. The SMILES string of the molecule is Nc1nc2ncc(CNc3ccc(C(=O)NC(CCC(=O)O)C(=O)O)cc3)nc2c(=O)[nH]1.O=C(O)[C@H](CS)NCCN[C@@H](CS)C(=O)O. The van der Waals surface area contributed by atoms with Crippen molar-refractivity contribution in [3.8, 4) is 0 Å². The van der Waals surface area contributed by atoms with Gasteiger partial charge in [-0.05, 0) is 30.7 Å². The number of hydrogen-bond acceptors (Lipinski definition) is 15. The number of nitrogens with zero attached hydrogens (tertiary/aromatic N) is 3. The van der Waals surface area contributed by atoms with Crippen LogP contribution in [0.3, 0.4) is 0 Å². The van der Waals surface area contributed by atoms with Gasteiger partial charge in [-0.1, -0.05) is 0 Å². The third-order valence-corrected chi connectivity index (χ3v) is 6.96. The van der Waals surface area contributed by atoms with Crippen LogP contribution in [0.1, 0.15) is 28.9 Å². The molecule has 0 aliphatic rings. The van der Waals surface area contributed by atoms with E-state index in [1.165, 1.54) is 18.3 Å². The van der Waals surface area contributed by atoms with E-state index in [2.05, 4.69) is 66.5 Å². The van der Waals surface area contributed by atoms with E-state index in [-0.39, 0.29) is 53.6 Å². The van der Waals surface area contributed by atoms with E-state index in [1.807, 2.05) is 0 Å². The second-order valence-corrected chi connectivity index (χ2v) is 10.5. The Balaban J connectivity index is 0.000000424. The van der Waals surface area contributed by atoms with Crippen LogP contribution in [0.2, 0.25) is 0 Å². The van der Waals surface area contributed by atoms with E-state index in [4.69, 9.17) is 26.2 Å². The molecule has 0 saturated carbocycles. The first kappa shape index (κ1) is 39.2. The number of hydrogen-bond donors (Lipinski definition) is 12. The number of nitrogens with one attached hydrogen (secondary N) is 5. The maximum Gasteiger partial charge on any atom is 0.326 e. The molecule has 3 rings (SSSR count). The fourth-order valence-electron chi connectivity index (χ4n) is 3.71. The Morgan fingerprint density at radius 2 is 1.42 bits per heavy atom. The van der Waals surface area contributed by atoms with Crippen LogP contribution < -0.4 is 32.6 Å². The number of aromatic amines is 1. The topological polar surface area (TPSA) is 312 Å². The zero-order chi connectivity index (χ0) is 35.8. The summed E-state index contributed by atoms with van der Waals surface area (Å²) < 4.78 is 0. The van der Waals surface area contributed by atoms with Crippen molar-refractivity contribution in [1.82, 2.24) is 35.9 Å². The summed E-state index contributed by atoms with van der Waals surface area (Å²) in [5.74, 6) is -4.73. The van der Waals surface area contributed by atoms with Gasteiger partial charge in [0.1, 0.15) is 18.1 Å². The van der Waals surface area contributed by atoms with Crippen LogP contribution >= 0.6 is 25.3 Å². The van der Waals surface area contributed by atoms with Gasteiger partial charge in [-0.3, -0.25) is 29.0 Å². The molecule has 3 aromatic rings. The van der Waals surface area contributed by atoms with Crippen LogP contribution in [0.4, 0.5) is 11.6 Å². The Bertz CT molecular complexity index is 1620. The number of benzene rings is 1. The number of H-pyrrole nitrogens is 1. The molecule has 1 amide bonds. The van der Waals surface area contributed by atoms with Crippen molar-refractivity contribution in [1.29, 1.82) is 0 Å². The number of anilines is 2. The average molecular weight is 710 g/mol. The van der Waals surface area contributed by atoms with Gasteiger partial charge in [0.2, 0.25) is 5.95 Å². The Labute approximate surface area is 283 Å². The smallest absolute Gasteiger partial charge is 0.326 e. The van der Waals surface area contributed by atoms with Gasteiger partial charge in [0.25, 0.3) is 11.5 Å². The van der Waals surface area contributed by atoms with Gasteiger partial charge < -0.3 is 47.4 Å². The van der Waals surface area contributed by atoms with Crippen LogP contribution in [-0.4, -0.2) is 113 Å². The molecule has 0 saturated heterocycles. The molecule has 0 fully saturated rings. The standard InChI is InChI=1S/C19H19N7O6.C8H16N2O4S2/c20-19-25-15-14(17(30)26-19)23-11(8-22-15)7-21-10-3-1-9(2-4-10)16(29)24-12(18(31)32)5-6-13(27)28;11-7(12)5(3-15)9-1-2-10-6(4-16)8(13)14/h1-4,8,12,21H,5-7H2,(H,24,29)(H,27,28)(H,31,32)(H3,20,22,25,26,30);5-6,9-10,15-16H,1-4H2,(H,11,12)(H,13,14)/t;5-,6-/m.0/s1. The molecule has 0 aliphatic carbocycles. The van der Waals surface area contributed by atoms with Crippen molar-refractivity contribution < 1.29 is 44.4 Å². The van der Waals surface area contributed by atoms with Gasteiger partial charge in [-0.2, -0.15) is 30.2 Å². The normalized spacial score (nSPS) is 12.5. The lowest BCUT2D eigenvalue weighted by atomic mass is 10.1. The maximum absolute atomic E-state index is 12.3. The molecule has 3 atom stereocenters. The lowest BCUT2D eigenvalue weighted by Gasteiger charge is -2.14. The minimum atomic E-state index is -1.31. The summed E-state index contributed by atoms with van der Waals surface area (Å²) in [5.41, 5.74) is 6.47. The summed E-state index contributed by atoms with van der Waals surface area (Å²) in [6.45, 7) is 0.943. The second kappa shape index (κ2) is 19.6. The predicted molar refractivity (Wildman–Crippen MR) is 178 cm³/mol. The minimum absolute atomic E-state index is 0.0524. The number of carbonyl (C=O) groups is 5. The quantitative estimate of drug-likeness (QED) is 0.0550. The van der Waals surface area contributed by atoms with E-state index < -0.39 is 53.5 Å². The number of carboxylic acids is 4. The second-order valence-electron chi connectivity index (χ2n) is 9.77. The van der Waals surface area contributed by atoms with Crippen LogP contribution in [-0.2, 0) is 25.7 Å². The number of carboxylic acid groups (broad SMARTS) is 4. The van der Waals surface area contributed by atoms with Crippen molar-refractivity contribution in [3.63, 3.8) is 0 Å². The summed E-state index contributed by atoms with van der Waals surface area (Å²) in [5, 5.41) is 46.0. The third-order valence-electron chi connectivity index (χ3n) is 6.22. The van der Waals surface area contributed by atoms with Gasteiger partial charge >= 0.3 is 23.9 Å². The molecule has 1 unspecified atom stereocenters. The number of thiol groups is 2. The first-order valence-electron chi connectivity index (χ1n) is 14.0. The monoisotopic (exact) mass is 709 g/mol. The zero-order valence-corrected chi connectivity index (χ0v) is 26.9. The van der Waals surface area contributed by atoms with Crippen LogP contribution in [0.25, 0.3) is 11.2 Å². The highest BCUT2D eigenvalue weighted by atomic mass is 32.1. The van der Waals surface area contributed by atoms with Crippen LogP contribution in [0.5, 0.6) is 0 Å². The van der Waals surface area contributed by atoms with Gasteiger partial charge in [0.15, 0.2) is 11.2 Å². The molecule has 2 heterocycles. The van der Waals surface area contributed by atoms with Crippen molar-refractivity contribution in [2.45, 2.75) is 37.5 Å². The lowest BCUT2D eigenvalue weighted by molar-refractivity contribution is -0.141. The number of aromatic nitrogens is 4. The highest BCUT2D eigenvalue weighted by Gasteiger charge is 2.22. The highest BCUT2D eigenvalue weighted by Crippen LogP contribution is 2.12. The minimum Gasteiger partial charge on any atom is -0.481 e. The van der Waals surface area contributed by atoms with Gasteiger partial charge in [0.05, 0.1) is 18.4 Å². The molecule has 0 aliphatic heterocycles. The van der Waals surface area contributed by atoms with Crippen molar-refractivity contribution in [3.05, 3.63) is 52.1 Å². The van der Waals surface area contributed by atoms with Crippen molar-refractivity contribution in [2.24, 2.45) is 0 Å². The van der Waals surface area contributed by atoms with Crippen LogP contribution in [0.15, 0.2) is 35.3 Å². The molecule has 19 nitrogen and oxygen atoms in total. The molecule has 1 aromatic carbocycles. The molecule has 0 spiro atoms. The van der Waals surface area contributed by atoms with Gasteiger partial charge in [-0.25, -0.2) is 14.8 Å². The van der Waals surface area contributed by atoms with Crippen molar-refractivity contribution >= 4 is 77.8 Å². The average Bonchev–Trinajstić information content (AvgIpc) is 3.03. The number of nitrogen functional groups attached to an aromatic ring is 1. The maximum atomic E-state index is 12.3. The zero-order valence-electron chi connectivity index (χ0n) is 25.1. The molecular weight excluding hydrogens is 674 g/mol. The summed E-state index contributed by atoms with van der Waals surface area (Å²) >= 11 is 7.76. The molecule has 2 aromatic heterocycles. The van der Waals surface area contributed by atoms with E-state index in [0.29, 0.717) is 24.5 Å². The molecule has 260 valence electrons. The van der Waals surface area contributed by atoms with Gasteiger partial charge in [-0.15, -0.1) is 0 Å². The third kappa shape index (κ3) is 13.0. The first-order chi connectivity index (χ1) is 22.7. The molecular formula is C27H35N9O10S2. The molecule has 0 bridgehead atoms. The number of carbonyl (C=O) groups excluding carboxylic acids is 1. The van der Waals surface area contributed by atoms with E-state index in [9.17, 15) is 28.8 Å². The number of fused-ring (bicyclic) bond motifs is 1. The Kier molecular flexibility index (Phi) is 16.0. The Morgan fingerprint density at radius 3 is 1.92 bits per heavy atom. The number of amides is 1. The first-order valence-corrected chi connectivity index (χ1v) is 15.3. The summed E-state index contributed by atoms with van der Waals surface area (Å²) in [6.07, 6.45) is 0.840. The Hall–Kier alpha value is -4.99. The van der Waals surface area contributed by atoms with E-state index in [1.54, 1.807) is 12.1 Å². The predicted octanol–water partition coefficient (Wildman–Crippen LogP) is -1.11. The van der Waals surface area contributed by atoms with Gasteiger partial charge in [0, 0.05) is 42.3 Å². The molecule has 0 radical (unpaired) electrons. The summed E-state index contributed by atoms with van der Waals surface area (Å²) in [6, 6.07) is 3.43.